The van der Waals surface area contributed by atoms with Crippen LogP contribution in [0, 0.1) is 5.82 Å². The molecule has 0 saturated heterocycles. The molecular formula is C13H15F4NO. The van der Waals surface area contributed by atoms with Crippen LogP contribution in [0.1, 0.15) is 36.8 Å². The summed E-state index contributed by atoms with van der Waals surface area (Å²) in [6.07, 6.45) is -3.11. The lowest BCUT2D eigenvalue weighted by molar-refractivity contribution is -0.140. The maximum atomic E-state index is 13.2. The zero-order valence-electron chi connectivity index (χ0n) is 10.2. The monoisotopic (exact) mass is 277 g/mol. The van der Waals surface area contributed by atoms with E-state index in [0.717, 1.165) is 6.07 Å². The van der Waals surface area contributed by atoms with E-state index < -0.39 is 23.2 Å². The second-order valence-electron chi connectivity index (χ2n) is 5.06. The first-order chi connectivity index (χ1) is 8.72. The molecule has 1 aromatic carbocycles. The summed E-state index contributed by atoms with van der Waals surface area (Å²) in [6.45, 7) is 0. The zero-order chi connectivity index (χ0) is 14.3. The van der Waals surface area contributed by atoms with E-state index in [0.29, 0.717) is 18.9 Å². The Morgan fingerprint density at radius 1 is 1.21 bits per heavy atom. The quantitative estimate of drug-likeness (QED) is 0.775. The second-order valence-corrected chi connectivity index (χ2v) is 5.06. The third kappa shape index (κ3) is 2.90. The number of rotatable bonds is 1. The highest BCUT2D eigenvalue weighted by Crippen LogP contribution is 2.39. The molecule has 1 fully saturated rings. The summed E-state index contributed by atoms with van der Waals surface area (Å²) in [5, 5.41) is 10.4. The molecule has 3 N–H and O–H groups in total. The number of nitrogens with two attached hydrogens (primary N) is 1. The van der Waals surface area contributed by atoms with Gasteiger partial charge in [-0.05, 0) is 43.4 Å². The van der Waals surface area contributed by atoms with E-state index in [-0.39, 0.29) is 24.4 Å². The van der Waals surface area contributed by atoms with Gasteiger partial charge in [0.05, 0.1) is 11.2 Å². The van der Waals surface area contributed by atoms with Crippen molar-refractivity contribution in [2.45, 2.75) is 43.5 Å². The van der Waals surface area contributed by atoms with Gasteiger partial charge in [0.2, 0.25) is 0 Å². The van der Waals surface area contributed by atoms with Crippen molar-refractivity contribution in [3.05, 3.63) is 35.1 Å². The maximum Gasteiger partial charge on any atom is 0.419 e. The molecule has 2 rings (SSSR count). The first kappa shape index (κ1) is 14.3. The average molecular weight is 277 g/mol. The molecule has 1 aliphatic rings. The average Bonchev–Trinajstić information content (AvgIpc) is 2.32. The number of alkyl halides is 3. The molecule has 19 heavy (non-hydrogen) atoms. The maximum absolute atomic E-state index is 13.2. The lowest BCUT2D eigenvalue weighted by Crippen LogP contribution is -2.37. The van der Waals surface area contributed by atoms with Crippen LogP contribution in [-0.2, 0) is 11.8 Å². The Bertz CT molecular complexity index is 464. The van der Waals surface area contributed by atoms with Crippen molar-refractivity contribution < 1.29 is 22.7 Å². The SMILES string of the molecule is NC1CCC(O)(c2ccc(F)c(C(F)(F)F)c2)CC1. The van der Waals surface area contributed by atoms with E-state index in [2.05, 4.69) is 0 Å². The van der Waals surface area contributed by atoms with Gasteiger partial charge in [-0.15, -0.1) is 0 Å². The van der Waals surface area contributed by atoms with Crippen LogP contribution in [0.5, 0.6) is 0 Å². The molecule has 0 radical (unpaired) electrons. The molecule has 0 aliphatic heterocycles. The molecule has 0 spiro atoms. The lowest BCUT2D eigenvalue weighted by Gasteiger charge is -2.35. The number of hydrogen-bond donors (Lipinski definition) is 2. The summed E-state index contributed by atoms with van der Waals surface area (Å²) >= 11 is 0. The Morgan fingerprint density at radius 2 is 1.79 bits per heavy atom. The van der Waals surface area contributed by atoms with Gasteiger partial charge in [0.15, 0.2) is 0 Å². The highest BCUT2D eigenvalue weighted by Gasteiger charge is 2.38. The third-order valence-corrected chi connectivity index (χ3v) is 3.67. The Labute approximate surface area is 108 Å². The standard InChI is InChI=1S/C13H15F4NO/c14-11-2-1-8(7-10(11)13(15,16)17)12(19)5-3-9(18)4-6-12/h1-2,7,9,19H,3-6,18H2. The van der Waals surface area contributed by atoms with Crippen molar-refractivity contribution in [3.63, 3.8) is 0 Å². The van der Waals surface area contributed by atoms with Crippen molar-refractivity contribution in [3.8, 4) is 0 Å². The summed E-state index contributed by atoms with van der Waals surface area (Å²) < 4.78 is 51.1. The number of halogens is 4. The van der Waals surface area contributed by atoms with Crippen LogP contribution in [0.4, 0.5) is 17.6 Å². The molecule has 0 unspecified atom stereocenters. The summed E-state index contributed by atoms with van der Waals surface area (Å²) in [5.41, 5.74) is 3.13. The van der Waals surface area contributed by atoms with E-state index in [1.54, 1.807) is 0 Å². The predicted molar refractivity (Wildman–Crippen MR) is 61.7 cm³/mol. The molecule has 6 heteroatoms. The molecule has 0 aromatic heterocycles. The van der Waals surface area contributed by atoms with Gasteiger partial charge in [-0.3, -0.25) is 0 Å². The van der Waals surface area contributed by atoms with E-state index in [1.165, 1.54) is 6.07 Å². The van der Waals surface area contributed by atoms with Gasteiger partial charge in [0.25, 0.3) is 0 Å². The van der Waals surface area contributed by atoms with Crippen molar-refractivity contribution in [2.75, 3.05) is 0 Å². The van der Waals surface area contributed by atoms with Gasteiger partial charge < -0.3 is 10.8 Å². The highest BCUT2D eigenvalue weighted by atomic mass is 19.4. The lowest BCUT2D eigenvalue weighted by atomic mass is 9.77. The van der Waals surface area contributed by atoms with Crippen molar-refractivity contribution in [2.24, 2.45) is 5.73 Å². The summed E-state index contributed by atoms with van der Waals surface area (Å²) in [7, 11) is 0. The largest absolute Gasteiger partial charge is 0.419 e. The van der Waals surface area contributed by atoms with E-state index in [1.807, 2.05) is 0 Å². The van der Waals surface area contributed by atoms with Crippen molar-refractivity contribution in [1.82, 2.24) is 0 Å². The Hall–Kier alpha value is -1.14. The molecule has 106 valence electrons. The minimum atomic E-state index is -4.76. The van der Waals surface area contributed by atoms with Gasteiger partial charge >= 0.3 is 6.18 Å². The second kappa shape index (κ2) is 4.76. The van der Waals surface area contributed by atoms with E-state index in [9.17, 15) is 22.7 Å². The predicted octanol–water partition coefficient (Wildman–Crippen LogP) is 2.93. The Morgan fingerprint density at radius 3 is 2.32 bits per heavy atom. The smallest absolute Gasteiger partial charge is 0.385 e. The van der Waals surface area contributed by atoms with Crippen LogP contribution in [0.2, 0.25) is 0 Å². The zero-order valence-corrected chi connectivity index (χ0v) is 10.2. The van der Waals surface area contributed by atoms with E-state index in [4.69, 9.17) is 5.73 Å². The van der Waals surface area contributed by atoms with Crippen molar-refractivity contribution in [1.29, 1.82) is 0 Å². The minimum Gasteiger partial charge on any atom is -0.385 e. The molecule has 2 nitrogen and oxygen atoms in total. The van der Waals surface area contributed by atoms with Crippen LogP contribution in [0.25, 0.3) is 0 Å². The molecule has 0 heterocycles. The number of aliphatic hydroxyl groups is 1. The van der Waals surface area contributed by atoms with Gasteiger partial charge in [0.1, 0.15) is 5.82 Å². The summed E-state index contributed by atoms with van der Waals surface area (Å²) in [6, 6.07) is 2.63. The van der Waals surface area contributed by atoms with Crippen LogP contribution in [-0.4, -0.2) is 11.1 Å². The molecule has 1 saturated carbocycles. The summed E-state index contributed by atoms with van der Waals surface area (Å²) in [5.74, 6) is -1.33. The van der Waals surface area contributed by atoms with Gasteiger partial charge in [-0.2, -0.15) is 13.2 Å². The molecular weight excluding hydrogens is 262 g/mol. The topological polar surface area (TPSA) is 46.2 Å². The summed E-state index contributed by atoms with van der Waals surface area (Å²) in [4.78, 5) is 0. The van der Waals surface area contributed by atoms with Gasteiger partial charge in [-0.1, -0.05) is 6.07 Å². The van der Waals surface area contributed by atoms with Crippen LogP contribution < -0.4 is 5.73 Å². The fraction of sp³-hybridized carbons (Fsp3) is 0.538. The normalized spacial score (nSPS) is 28.4. The minimum absolute atomic E-state index is 0.0391. The number of hydrogen-bond acceptors (Lipinski definition) is 2. The molecule has 0 bridgehead atoms. The first-order valence-electron chi connectivity index (χ1n) is 6.07. The Balaban J connectivity index is 2.36. The molecule has 1 aromatic rings. The third-order valence-electron chi connectivity index (χ3n) is 3.67. The van der Waals surface area contributed by atoms with Crippen LogP contribution in [0.15, 0.2) is 18.2 Å². The van der Waals surface area contributed by atoms with Crippen LogP contribution in [0.3, 0.4) is 0 Å². The first-order valence-corrected chi connectivity index (χ1v) is 6.07. The molecule has 0 amide bonds. The van der Waals surface area contributed by atoms with Gasteiger partial charge in [-0.25, -0.2) is 4.39 Å². The fourth-order valence-corrected chi connectivity index (χ4v) is 2.44. The highest BCUT2D eigenvalue weighted by molar-refractivity contribution is 5.31. The molecule has 1 aliphatic carbocycles. The van der Waals surface area contributed by atoms with Gasteiger partial charge in [0, 0.05) is 6.04 Å². The fourth-order valence-electron chi connectivity index (χ4n) is 2.44. The van der Waals surface area contributed by atoms with E-state index >= 15 is 0 Å². The van der Waals surface area contributed by atoms with Crippen LogP contribution >= 0.6 is 0 Å². The Kier molecular flexibility index (Phi) is 3.57. The number of benzene rings is 1. The molecule has 0 atom stereocenters. The van der Waals surface area contributed by atoms with Crippen molar-refractivity contribution >= 4 is 0 Å².